The van der Waals surface area contributed by atoms with E-state index in [0.29, 0.717) is 24.6 Å². The summed E-state index contributed by atoms with van der Waals surface area (Å²) in [5, 5.41) is 2.31. The first-order chi connectivity index (χ1) is 15.2. The molecular formula is C24H25N3O3S. The normalized spacial score (nSPS) is 21.7. The molecule has 3 heterocycles. The quantitative estimate of drug-likeness (QED) is 0.546. The van der Waals surface area contributed by atoms with Crippen molar-refractivity contribution in [1.29, 1.82) is 0 Å². The van der Waals surface area contributed by atoms with Crippen molar-refractivity contribution in [2.24, 2.45) is 0 Å². The summed E-state index contributed by atoms with van der Waals surface area (Å²) >= 11 is 1.41. The molecule has 2 saturated heterocycles. The lowest BCUT2D eigenvalue weighted by Gasteiger charge is -2.30. The number of Topliss-reactive ketones (excluding diaryl/α,β-unsaturated/α-hetero) is 1. The van der Waals surface area contributed by atoms with E-state index in [-0.39, 0.29) is 17.7 Å². The third-order valence-electron chi connectivity index (χ3n) is 6.07. The average Bonchev–Trinajstić information content (AvgIpc) is 3.56. The second-order valence-electron chi connectivity index (χ2n) is 8.10. The molecule has 0 aliphatic carbocycles. The Balaban J connectivity index is 1.29. The van der Waals surface area contributed by atoms with Gasteiger partial charge in [0.2, 0.25) is 11.7 Å². The van der Waals surface area contributed by atoms with Gasteiger partial charge in [0, 0.05) is 13.1 Å². The zero-order chi connectivity index (χ0) is 21.2. The van der Waals surface area contributed by atoms with E-state index in [0.717, 1.165) is 41.6 Å². The number of thiazole rings is 1. The molecule has 31 heavy (non-hydrogen) atoms. The molecule has 1 amide bonds. The van der Waals surface area contributed by atoms with Crippen LogP contribution in [0.15, 0.2) is 54.6 Å². The van der Waals surface area contributed by atoms with Gasteiger partial charge in [-0.05, 0) is 43.4 Å². The van der Waals surface area contributed by atoms with Gasteiger partial charge in [0.1, 0.15) is 6.04 Å². The number of carbonyl (C=O) groups excluding carboxylic acids is 2. The number of para-hydroxylation sites is 1. The van der Waals surface area contributed by atoms with Crippen LogP contribution in [0.5, 0.6) is 0 Å². The lowest BCUT2D eigenvalue weighted by molar-refractivity contribution is -0.189. The maximum Gasteiger partial charge on any atom is 0.242 e. The predicted molar refractivity (Wildman–Crippen MR) is 120 cm³/mol. The summed E-state index contributed by atoms with van der Waals surface area (Å²) in [6.07, 6.45) is 3.20. The predicted octanol–water partition coefficient (Wildman–Crippen LogP) is 4.07. The van der Waals surface area contributed by atoms with Crippen LogP contribution < -0.4 is 0 Å². The number of hydrogen-bond donors (Lipinski definition) is 0. The van der Waals surface area contributed by atoms with Gasteiger partial charge in [-0.3, -0.25) is 14.4 Å². The monoisotopic (exact) mass is 435 g/mol. The van der Waals surface area contributed by atoms with Crippen molar-refractivity contribution in [2.45, 2.75) is 44.4 Å². The smallest absolute Gasteiger partial charge is 0.242 e. The van der Waals surface area contributed by atoms with Crippen molar-refractivity contribution in [3.63, 3.8) is 0 Å². The van der Waals surface area contributed by atoms with E-state index < -0.39 is 6.04 Å². The van der Waals surface area contributed by atoms with Gasteiger partial charge >= 0.3 is 0 Å². The largest absolute Gasteiger partial charge is 0.331 e. The summed E-state index contributed by atoms with van der Waals surface area (Å²) in [6.45, 7) is 1.79. The molecule has 6 nitrogen and oxygen atoms in total. The fourth-order valence-electron chi connectivity index (χ4n) is 4.49. The van der Waals surface area contributed by atoms with Crippen LogP contribution in [0.3, 0.4) is 0 Å². The molecular weight excluding hydrogens is 410 g/mol. The molecule has 7 heteroatoms. The highest BCUT2D eigenvalue weighted by Gasteiger charge is 2.42. The Morgan fingerprint density at radius 3 is 2.55 bits per heavy atom. The minimum Gasteiger partial charge on any atom is -0.331 e. The number of rotatable bonds is 6. The summed E-state index contributed by atoms with van der Waals surface area (Å²) in [5.74, 6) is -0.0377. The van der Waals surface area contributed by atoms with Gasteiger partial charge in [-0.25, -0.2) is 4.98 Å². The number of ketones is 1. The molecule has 0 spiro atoms. The van der Waals surface area contributed by atoms with E-state index in [2.05, 4.69) is 4.98 Å². The van der Waals surface area contributed by atoms with Crippen LogP contribution in [0.25, 0.3) is 10.2 Å². The maximum atomic E-state index is 13.4. The van der Waals surface area contributed by atoms with E-state index >= 15 is 0 Å². The van der Waals surface area contributed by atoms with Crippen LogP contribution in [0.1, 0.15) is 41.0 Å². The topological polar surface area (TPSA) is 62.7 Å². The van der Waals surface area contributed by atoms with Gasteiger partial charge < -0.3 is 4.90 Å². The number of likely N-dealkylation sites (tertiary alicyclic amines) is 1. The molecule has 2 atom stereocenters. The van der Waals surface area contributed by atoms with Crippen LogP contribution in [0, 0.1) is 0 Å². The fourth-order valence-corrected chi connectivity index (χ4v) is 5.44. The SMILES string of the molecule is O=C(c1nc2ccccc2s1)[C@@H]1CCCN1C(=O)[C@@H]1CCCN1OCc1ccccc1. The van der Waals surface area contributed by atoms with Crippen LogP contribution >= 0.6 is 11.3 Å². The number of aromatic nitrogens is 1. The summed E-state index contributed by atoms with van der Waals surface area (Å²) in [7, 11) is 0. The van der Waals surface area contributed by atoms with Crippen molar-refractivity contribution < 1.29 is 14.4 Å². The Hall–Kier alpha value is -2.61. The molecule has 0 unspecified atom stereocenters. The molecule has 5 rings (SSSR count). The van der Waals surface area contributed by atoms with Gasteiger partial charge in [-0.15, -0.1) is 11.3 Å². The van der Waals surface area contributed by atoms with Crippen molar-refractivity contribution in [2.75, 3.05) is 13.1 Å². The average molecular weight is 436 g/mol. The lowest BCUT2D eigenvalue weighted by atomic mass is 10.1. The van der Waals surface area contributed by atoms with E-state index in [4.69, 9.17) is 4.84 Å². The number of amides is 1. The number of fused-ring (bicyclic) bond motifs is 1. The maximum absolute atomic E-state index is 13.4. The van der Waals surface area contributed by atoms with Gasteiger partial charge in [0.15, 0.2) is 5.01 Å². The molecule has 0 bridgehead atoms. The highest BCUT2D eigenvalue weighted by atomic mass is 32.1. The number of nitrogens with zero attached hydrogens (tertiary/aromatic N) is 3. The molecule has 2 fully saturated rings. The summed E-state index contributed by atoms with van der Waals surface area (Å²) in [6, 6.07) is 17.0. The molecule has 1 aromatic heterocycles. The molecule has 0 saturated carbocycles. The second kappa shape index (κ2) is 8.86. The first kappa shape index (κ1) is 20.3. The number of hydroxylamine groups is 2. The van der Waals surface area contributed by atoms with Crippen molar-refractivity contribution in [3.8, 4) is 0 Å². The Labute approximate surface area is 185 Å². The fraction of sp³-hybridized carbons (Fsp3) is 0.375. The Bertz CT molecular complexity index is 1050. The third-order valence-corrected chi connectivity index (χ3v) is 7.12. The zero-order valence-corrected chi connectivity index (χ0v) is 18.1. The third kappa shape index (κ3) is 4.13. The van der Waals surface area contributed by atoms with E-state index in [1.54, 1.807) is 4.90 Å². The molecule has 0 radical (unpaired) electrons. The molecule has 160 valence electrons. The first-order valence-electron chi connectivity index (χ1n) is 10.8. The van der Waals surface area contributed by atoms with E-state index in [1.165, 1.54) is 11.3 Å². The molecule has 2 aromatic carbocycles. The van der Waals surface area contributed by atoms with Gasteiger partial charge in [0.25, 0.3) is 0 Å². The molecule has 0 N–H and O–H groups in total. The van der Waals surface area contributed by atoms with Gasteiger partial charge in [-0.2, -0.15) is 5.06 Å². The lowest BCUT2D eigenvalue weighted by Crippen LogP contribution is -2.49. The van der Waals surface area contributed by atoms with Gasteiger partial charge in [-0.1, -0.05) is 42.5 Å². The van der Waals surface area contributed by atoms with Crippen molar-refractivity contribution in [1.82, 2.24) is 14.9 Å². The van der Waals surface area contributed by atoms with Gasteiger partial charge in [0.05, 0.1) is 22.9 Å². The van der Waals surface area contributed by atoms with Crippen molar-refractivity contribution >= 4 is 33.2 Å². The van der Waals surface area contributed by atoms with Crippen LogP contribution in [0.2, 0.25) is 0 Å². The van der Waals surface area contributed by atoms with E-state index in [9.17, 15) is 9.59 Å². The Morgan fingerprint density at radius 1 is 0.968 bits per heavy atom. The number of benzene rings is 2. The molecule has 2 aliphatic heterocycles. The Morgan fingerprint density at radius 2 is 1.71 bits per heavy atom. The summed E-state index contributed by atoms with van der Waals surface area (Å²) < 4.78 is 0.998. The van der Waals surface area contributed by atoms with Crippen LogP contribution in [-0.4, -0.2) is 51.8 Å². The first-order valence-corrected chi connectivity index (χ1v) is 11.7. The minimum atomic E-state index is -0.426. The highest BCUT2D eigenvalue weighted by molar-refractivity contribution is 7.20. The summed E-state index contributed by atoms with van der Waals surface area (Å²) in [5.41, 5.74) is 1.91. The van der Waals surface area contributed by atoms with Crippen LogP contribution in [-0.2, 0) is 16.2 Å². The number of carbonyl (C=O) groups is 2. The Kier molecular flexibility index (Phi) is 5.80. The zero-order valence-electron chi connectivity index (χ0n) is 17.3. The standard InChI is InChI=1S/C24H25N3O3S/c28-22(23-25-18-10-4-5-13-21(18)31-23)19-11-6-14-26(19)24(29)20-12-7-15-27(20)30-16-17-8-2-1-3-9-17/h1-5,8-10,13,19-20H,6-7,11-12,14-16H2/t19-,20-/m0/s1. The second-order valence-corrected chi connectivity index (χ2v) is 9.13. The summed E-state index contributed by atoms with van der Waals surface area (Å²) in [4.78, 5) is 39.0. The molecule has 2 aliphatic rings. The number of hydrogen-bond acceptors (Lipinski definition) is 6. The van der Waals surface area contributed by atoms with Crippen LogP contribution in [0.4, 0.5) is 0 Å². The van der Waals surface area contributed by atoms with E-state index in [1.807, 2.05) is 59.7 Å². The molecule has 3 aromatic rings. The minimum absolute atomic E-state index is 0.00234. The van der Waals surface area contributed by atoms with Crippen molar-refractivity contribution in [3.05, 3.63) is 65.2 Å². The highest BCUT2D eigenvalue weighted by Crippen LogP contribution is 2.29.